The zero-order chi connectivity index (χ0) is 24.3. The fourth-order valence-electron chi connectivity index (χ4n) is 4.04. The van der Waals surface area contributed by atoms with Crippen LogP contribution in [0.2, 0.25) is 0 Å². The number of sulfonamides is 1. The van der Waals surface area contributed by atoms with Crippen molar-refractivity contribution >= 4 is 21.6 Å². The van der Waals surface area contributed by atoms with Gasteiger partial charge in [-0.25, -0.2) is 17.5 Å². The molecule has 0 aromatic heterocycles. The Kier molecular flexibility index (Phi) is 6.85. The molecule has 0 aliphatic carbocycles. The monoisotopic (exact) mass is 483 g/mol. The Morgan fingerprint density at radius 3 is 2.32 bits per heavy atom. The van der Waals surface area contributed by atoms with E-state index in [9.17, 15) is 22.7 Å². The molecule has 9 heteroatoms. The van der Waals surface area contributed by atoms with Crippen LogP contribution in [-0.4, -0.2) is 56.8 Å². The number of phenols is 1. The van der Waals surface area contributed by atoms with Crippen LogP contribution in [0.1, 0.15) is 15.9 Å². The van der Waals surface area contributed by atoms with E-state index in [2.05, 4.69) is 9.80 Å². The summed E-state index contributed by atoms with van der Waals surface area (Å²) in [5, 5.41) is 9.65. The van der Waals surface area contributed by atoms with E-state index < -0.39 is 15.9 Å². The predicted molar refractivity (Wildman–Crippen MR) is 130 cm³/mol. The minimum Gasteiger partial charge on any atom is -0.508 e. The first kappa shape index (κ1) is 23.7. The number of nitrogens with one attached hydrogen (secondary N) is 1. The standard InChI is InChI=1S/C25H26FN3O4S/c1-34(32,33)27-25(31)19-6-8-21(9-7-19)29-13-11-28(12-14-29)17-18-5-10-23(24(26)15-18)20-3-2-4-22(30)16-20/h2-10,15-16,30H,11-14,17H2,1H3,(H,27,31). The van der Waals surface area contributed by atoms with Gasteiger partial charge in [-0.2, -0.15) is 0 Å². The number of aromatic hydroxyl groups is 1. The van der Waals surface area contributed by atoms with Crippen LogP contribution in [0.4, 0.5) is 10.1 Å². The van der Waals surface area contributed by atoms with Crippen molar-refractivity contribution in [3.05, 3.63) is 83.7 Å². The van der Waals surface area contributed by atoms with Crippen LogP contribution in [0.5, 0.6) is 5.75 Å². The number of amides is 1. The highest BCUT2D eigenvalue weighted by molar-refractivity contribution is 7.89. The molecule has 2 N–H and O–H groups in total. The van der Waals surface area contributed by atoms with Crippen LogP contribution >= 0.6 is 0 Å². The van der Waals surface area contributed by atoms with Gasteiger partial charge in [0.05, 0.1) is 6.26 Å². The van der Waals surface area contributed by atoms with Crippen LogP contribution in [0.3, 0.4) is 0 Å². The van der Waals surface area contributed by atoms with Crippen LogP contribution in [0.25, 0.3) is 11.1 Å². The lowest BCUT2D eigenvalue weighted by Crippen LogP contribution is -2.46. The summed E-state index contributed by atoms with van der Waals surface area (Å²) in [6, 6.07) is 18.6. The molecule has 1 fully saturated rings. The Labute approximate surface area is 198 Å². The van der Waals surface area contributed by atoms with Gasteiger partial charge in [-0.15, -0.1) is 0 Å². The van der Waals surface area contributed by atoms with E-state index in [1.54, 1.807) is 48.5 Å². The van der Waals surface area contributed by atoms with Gasteiger partial charge in [-0.05, 0) is 53.6 Å². The molecular formula is C25H26FN3O4S. The van der Waals surface area contributed by atoms with Gasteiger partial charge < -0.3 is 10.0 Å². The first-order valence-electron chi connectivity index (χ1n) is 10.9. The maximum Gasteiger partial charge on any atom is 0.264 e. The molecule has 178 valence electrons. The molecule has 3 aromatic rings. The second-order valence-electron chi connectivity index (χ2n) is 8.38. The van der Waals surface area contributed by atoms with Crippen LogP contribution < -0.4 is 9.62 Å². The maximum atomic E-state index is 14.7. The van der Waals surface area contributed by atoms with E-state index in [-0.39, 0.29) is 17.1 Å². The Bertz CT molecular complexity index is 1290. The minimum atomic E-state index is -3.60. The highest BCUT2D eigenvalue weighted by Gasteiger charge is 2.19. The summed E-state index contributed by atoms with van der Waals surface area (Å²) in [7, 11) is -3.60. The Morgan fingerprint density at radius 2 is 1.71 bits per heavy atom. The first-order chi connectivity index (χ1) is 16.2. The largest absolute Gasteiger partial charge is 0.508 e. The average Bonchev–Trinajstić information content (AvgIpc) is 2.79. The summed E-state index contributed by atoms with van der Waals surface area (Å²) >= 11 is 0. The highest BCUT2D eigenvalue weighted by atomic mass is 32.2. The Balaban J connectivity index is 1.33. The third-order valence-electron chi connectivity index (χ3n) is 5.74. The molecule has 0 atom stereocenters. The van der Waals surface area contributed by atoms with Gasteiger partial charge in [0.25, 0.3) is 5.91 Å². The number of carbonyl (C=O) groups excluding carboxylic acids is 1. The topological polar surface area (TPSA) is 90.0 Å². The van der Waals surface area contributed by atoms with Gasteiger partial charge in [-0.3, -0.25) is 9.69 Å². The molecular weight excluding hydrogens is 457 g/mol. The number of benzene rings is 3. The zero-order valence-corrected chi connectivity index (χ0v) is 19.6. The number of nitrogens with zero attached hydrogens (tertiary/aromatic N) is 2. The smallest absolute Gasteiger partial charge is 0.264 e. The first-order valence-corrected chi connectivity index (χ1v) is 12.7. The lowest BCUT2D eigenvalue weighted by atomic mass is 10.0. The average molecular weight is 484 g/mol. The molecule has 1 heterocycles. The predicted octanol–water partition coefficient (Wildman–Crippen LogP) is 3.21. The van der Waals surface area contributed by atoms with E-state index in [1.807, 2.05) is 22.9 Å². The lowest BCUT2D eigenvalue weighted by molar-refractivity contribution is 0.0981. The fourth-order valence-corrected chi connectivity index (χ4v) is 4.49. The van der Waals surface area contributed by atoms with Crippen LogP contribution in [-0.2, 0) is 16.6 Å². The van der Waals surface area contributed by atoms with Crippen molar-refractivity contribution in [2.45, 2.75) is 6.54 Å². The maximum absolute atomic E-state index is 14.7. The van der Waals surface area contributed by atoms with Gasteiger partial charge in [0.15, 0.2) is 0 Å². The number of carbonyl (C=O) groups is 1. The van der Waals surface area contributed by atoms with Crippen LogP contribution in [0, 0.1) is 5.82 Å². The molecule has 34 heavy (non-hydrogen) atoms. The second kappa shape index (κ2) is 9.82. The van der Waals surface area contributed by atoms with Crippen molar-refractivity contribution in [2.24, 2.45) is 0 Å². The molecule has 1 aliphatic heterocycles. The lowest BCUT2D eigenvalue weighted by Gasteiger charge is -2.36. The normalized spacial score (nSPS) is 14.7. The van der Waals surface area contributed by atoms with E-state index in [0.717, 1.165) is 43.7 Å². The minimum absolute atomic E-state index is 0.102. The molecule has 3 aromatic carbocycles. The summed E-state index contributed by atoms with van der Waals surface area (Å²) in [4.78, 5) is 16.4. The number of halogens is 1. The molecule has 4 rings (SSSR count). The zero-order valence-electron chi connectivity index (χ0n) is 18.7. The van der Waals surface area contributed by atoms with Gasteiger partial charge >= 0.3 is 0 Å². The van der Waals surface area contributed by atoms with E-state index in [4.69, 9.17) is 0 Å². The summed E-state index contributed by atoms with van der Waals surface area (Å²) < 4.78 is 39.1. The van der Waals surface area contributed by atoms with Crippen LogP contribution in [0.15, 0.2) is 66.7 Å². The summed E-state index contributed by atoms with van der Waals surface area (Å²) in [6.45, 7) is 3.78. The van der Waals surface area contributed by atoms with E-state index >= 15 is 0 Å². The molecule has 0 radical (unpaired) electrons. The molecule has 1 aliphatic rings. The molecule has 0 spiro atoms. The number of anilines is 1. The number of phenolic OH excluding ortho intramolecular Hbond substituents is 1. The van der Waals surface area contributed by atoms with Crippen molar-refractivity contribution in [3.8, 4) is 16.9 Å². The Morgan fingerprint density at radius 1 is 1.00 bits per heavy atom. The Hall–Kier alpha value is -3.43. The number of hydrogen-bond acceptors (Lipinski definition) is 6. The van der Waals surface area contributed by atoms with Gasteiger partial charge in [0, 0.05) is 49.5 Å². The fraction of sp³-hybridized carbons (Fsp3) is 0.240. The quantitative estimate of drug-likeness (QED) is 0.560. The van der Waals surface area contributed by atoms with Gasteiger partial charge in [-0.1, -0.05) is 24.3 Å². The molecule has 0 bridgehead atoms. The van der Waals surface area contributed by atoms with Crippen molar-refractivity contribution in [2.75, 3.05) is 37.3 Å². The third-order valence-corrected chi connectivity index (χ3v) is 6.30. The molecule has 0 saturated carbocycles. The molecule has 0 unspecified atom stereocenters. The van der Waals surface area contributed by atoms with Crippen molar-refractivity contribution < 1.29 is 22.7 Å². The highest BCUT2D eigenvalue weighted by Crippen LogP contribution is 2.27. The number of piperazine rings is 1. The van der Waals surface area contributed by atoms with Crippen molar-refractivity contribution in [3.63, 3.8) is 0 Å². The molecule has 1 amide bonds. The molecule has 1 saturated heterocycles. The number of hydrogen-bond donors (Lipinski definition) is 2. The summed E-state index contributed by atoms with van der Waals surface area (Å²) in [6.07, 6.45) is 0.941. The third kappa shape index (κ3) is 5.92. The van der Waals surface area contributed by atoms with E-state index in [1.165, 1.54) is 0 Å². The number of rotatable bonds is 6. The SMILES string of the molecule is CS(=O)(=O)NC(=O)c1ccc(N2CCN(Cc3ccc(-c4cccc(O)c4)c(F)c3)CC2)cc1. The van der Waals surface area contributed by atoms with Gasteiger partial charge in [0.1, 0.15) is 11.6 Å². The van der Waals surface area contributed by atoms with Crippen molar-refractivity contribution in [1.29, 1.82) is 0 Å². The second-order valence-corrected chi connectivity index (χ2v) is 10.1. The van der Waals surface area contributed by atoms with Gasteiger partial charge in [0.2, 0.25) is 10.0 Å². The van der Waals surface area contributed by atoms with Crippen molar-refractivity contribution in [1.82, 2.24) is 9.62 Å². The van der Waals surface area contributed by atoms with E-state index in [0.29, 0.717) is 17.7 Å². The summed E-state index contributed by atoms with van der Waals surface area (Å²) in [5.74, 6) is -0.867. The molecule has 7 nitrogen and oxygen atoms in total. The summed E-state index contributed by atoms with van der Waals surface area (Å²) in [5.41, 5.74) is 3.22.